The van der Waals surface area contributed by atoms with E-state index in [0.717, 1.165) is 41.0 Å². The Morgan fingerprint density at radius 3 is 2.52 bits per heavy atom. The van der Waals surface area contributed by atoms with Crippen molar-refractivity contribution >= 4 is 11.8 Å². The van der Waals surface area contributed by atoms with Gasteiger partial charge < -0.3 is 19.5 Å². The summed E-state index contributed by atoms with van der Waals surface area (Å²) in [4.78, 5) is 25.8. The van der Waals surface area contributed by atoms with E-state index in [0.29, 0.717) is 35.6 Å². The zero-order valence-corrected chi connectivity index (χ0v) is 19.5. The van der Waals surface area contributed by atoms with Crippen molar-refractivity contribution in [2.75, 3.05) is 14.2 Å². The highest BCUT2D eigenvalue weighted by atomic mass is 16.5. The molecule has 0 saturated carbocycles. The lowest BCUT2D eigenvalue weighted by Gasteiger charge is -2.34. The van der Waals surface area contributed by atoms with Gasteiger partial charge in [0, 0.05) is 34.9 Å². The van der Waals surface area contributed by atoms with Gasteiger partial charge in [-0.15, -0.1) is 0 Å². The molecular formula is C27H29NO5. The Labute approximate surface area is 194 Å². The number of methoxy groups -OCH3 is 2. The fraction of sp³-hybridized carbons (Fsp3) is 0.333. The molecule has 1 aliphatic heterocycles. The van der Waals surface area contributed by atoms with E-state index in [1.807, 2.05) is 56.3 Å². The van der Waals surface area contributed by atoms with Crippen LogP contribution in [0, 0.1) is 6.92 Å². The van der Waals surface area contributed by atoms with Crippen molar-refractivity contribution in [3.05, 3.63) is 81.7 Å². The molecule has 6 nitrogen and oxygen atoms in total. The van der Waals surface area contributed by atoms with Crippen molar-refractivity contribution in [2.24, 2.45) is 0 Å². The number of esters is 1. The molecule has 0 unspecified atom stereocenters. The van der Waals surface area contributed by atoms with E-state index in [1.165, 1.54) is 7.11 Å². The van der Waals surface area contributed by atoms with Gasteiger partial charge in [0.15, 0.2) is 5.78 Å². The van der Waals surface area contributed by atoms with Crippen molar-refractivity contribution in [1.82, 2.24) is 5.32 Å². The number of hydrogen-bond acceptors (Lipinski definition) is 6. The fourth-order valence-electron chi connectivity index (χ4n) is 4.58. The summed E-state index contributed by atoms with van der Waals surface area (Å²) in [5.41, 5.74) is 5.56. The van der Waals surface area contributed by atoms with Gasteiger partial charge in [-0.05, 0) is 56.5 Å². The summed E-state index contributed by atoms with van der Waals surface area (Å²) in [5, 5.41) is 3.29. The van der Waals surface area contributed by atoms with Gasteiger partial charge in [-0.2, -0.15) is 0 Å². The van der Waals surface area contributed by atoms with E-state index in [9.17, 15) is 9.59 Å². The second kappa shape index (κ2) is 9.53. The van der Waals surface area contributed by atoms with Gasteiger partial charge in [0.2, 0.25) is 0 Å². The van der Waals surface area contributed by atoms with Gasteiger partial charge in [-0.3, -0.25) is 4.79 Å². The molecule has 0 saturated heterocycles. The third-order valence-electron chi connectivity index (χ3n) is 6.23. The second-order valence-corrected chi connectivity index (χ2v) is 8.43. The molecule has 0 bridgehead atoms. The lowest BCUT2D eigenvalue weighted by atomic mass is 9.75. The second-order valence-electron chi connectivity index (χ2n) is 8.43. The van der Waals surface area contributed by atoms with E-state index in [-0.39, 0.29) is 5.78 Å². The quantitative estimate of drug-likeness (QED) is 0.646. The molecule has 1 N–H and O–H groups in total. The number of dihydropyridines is 1. The highest BCUT2D eigenvalue weighted by Gasteiger charge is 2.39. The van der Waals surface area contributed by atoms with E-state index >= 15 is 0 Å². The van der Waals surface area contributed by atoms with Gasteiger partial charge in [0.1, 0.15) is 18.1 Å². The molecule has 2 aromatic rings. The minimum absolute atomic E-state index is 0.0657. The lowest BCUT2D eigenvalue weighted by molar-refractivity contribution is -0.136. The van der Waals surface area contributed by atoms with E-state index in [1.54, 1.807) is 7.11 Å². The number of Topliss-reactive ketones (excluding diaryl/α,β-unsaturated/α-hetero) is 1. The summed E-state index contributed by atoms with van der Waals surface area (Å²) in [7, 11) is 2.98. The number of benzene rings is 2. The molecule has 2 aliphatic rings. The van der Waals surface area contributed by atoms with Crippen LogP contribution in [0.3, 0.4) is 0 Å². The Morgan fingerprint density at radius 1 is 1.06 bits per heavy atom. The molecule has 6 heteroatoms. The first-order valence-corrected chi connectivity index (χ1v) is 11.1. The molecule has 0 amide bonds. The van der Waals surface area contributed by atoms with Crippen molar-refractivity contribution in [2.45, 2.75) is 45.6 Å². The van der Waals surface area contributed by atoms with Crippen LogP contribution in [0.15, 0.2) is 65.0 Å². The molecular weight excluding hydrogens is 418 g/mol. The number of carbonyl (C=O) groups excluding carboxylic acids is 2. The van der Waals surface area contributed by atoms with Gasteiger partial charge >= 0.3 is 5.97 Å². The summed E-state index contributed by atoms with van der Waals surface area (Å²) in [6.45, 7) is 4.17. The first-order valence-electron chi connectivity index (χ1n) is 11.1. The number of allylic oxidation sites excluding steroid dienone is 3. The van der Waals surface area contributed by atoms with Gasteiger partial charge in [0.25, 0.3) is 0 Å². The standard InChI is InChI=1S/C27H29NO5/c1-16-8-11-20(12-9-16)33-15-19-14-18(10-13-23(19)31-3)25-24(27(30)32-4)17(2)28-21-6-5-7-22(29)26(21)25/h8-14,25,28H,5-7,15H2,1-4H3/t25-/m1/s1. The largest absolute Gasteiger partial charge is 0.496 e. The number of aryl methyl sites for hydroxylation is 1. The molecule has 4 rings (SSSR count). The Balaban J connectivity index is 1.75. The average Bonchev–Trinajstić information content (AvgIpc) is 2.82. The normalized spacial score (nSPS) is 17.9. The molecule has 1 atom stereocenters. The summed E-state index contributed by atoms with van der Waals surface area (Å²) >= 11 is 0. The van der Waals surface area contributed by atoms with Crippen molar-refractivity contribution < 1.29 is 23.8 Å². The van der Waals surface area contributed by atoms with Gasteiger partial charge in [-0.1, -0.05) is 23.8 Å². The topological polar surface area (TPSA) is 73.9 Å². The monoisotopic (exact) mass is 447 g/mol. The molecule has 0 fully saturated rings. The van der Waals surface area contributed by atoms with Crippen LogP contribution in [0.1, 0.15) is 48.8 Å². The molecule has 0 aromatic heterocycles. The molecule has 33 heavy (non-hydrogen) atoms. The molecule has 2 aromatic carbocycles. The number of hydrogen-bond donors (Lipinski definition) is 1. The number of nitrogens with one attached hydrogen (secondary N) is 1. The van der Waals surface area contributed by atoms with Crippen LogP contribution in [-0.4, -0.2) is 26.0 Å². The zero-order chi connectivity index (χ0) is 23.5. The van der Waals surface area contributed by atoms with Gasteiger partial charge in [0.05, 0.1) is 19.8 Å². The summed E-state index contributed by atoms with van der Waals surface area (Å²) in [6, 6.07) is 13.6. The minimum Gasteiger partial charge on any atom is -0.496 e. The highest BCUT2D eigenvalue weighted by Crippen LogP contribution is 2.43. The first-order chi connectivity index (χ1) is 15.9. The van der Waals surface area contributed by atoms with Crippen LogP contribution in [0.5, 0.6) is 11.5 Å². The van der Waals surface area contributed by atoms with Crippen molar-refractivity contribution in [1.29, 1.82) is 0 Å². The van der Waals surface area contributed by atoms with E-state index in [4.69, 9.17) is 14.2 Å². The van der Waals surface area contributed by atoms with E-state index < -0.39 is 11.9 Å². The maximum Gasteiger partial charge on any atom is 0.336 e. The molecule has 0 spiro atoms. The van der Waals surface area contributed by atoms with Crippen molar-refractivity contribution in [3.8, 4) is 11.5 Å². The third-order valence-corrected chi connectivity index (χ3v) is 6.23. The van der Waals surface area contributed by atoms with Crippen LogP contribution in [-0.2, 0) is 20.9 Å². The maximum absolute atomic E-state index is 13.0. The van der Waals surface area contributed by atoms with E-state index in [2.05, 4.69) is 5.32 Å². The minimum atomic E-state index is -0.495. The molecule has 0 radical (unpaired) electrons. The Bertz CT molecular complexity index is 1140. The number of carbonyl (C=O) groups is 2. The number of ether oxygens (including phenoxy) is 3. The first kappa shape index (κ1) is 22.6. The smallest absolute Gasteiger partial charge is 0.336 e. The Kier molecular flexibility index (Phi) is 6.54. The fourth-order valence-corrected chi connectivity index (χ4v) is 4.58. The van der Waals surface area contributed by atoms with Gasteiger partial charge in [-0.25, -0.2) is 4.79 Å². The summed E-state index contributed by atoms with van der Waals surface area (Å²) in [6.07, 6.45) is 2.06. The summed E-state index contributed by atoms with van der Waals surface area (Å²) < 4.78 is 16.7. The lowest BCUT2D eigenvalue weighted by Crippen LogP contribution is -2.34. The van der Waals surface area contributed by atoms with Crippen LogP contribution in [0.2, 0.25) is 0 Å². The SMILES string of the molecule is COC(=O)C1=C(C)NC2=C(C(=O)CCC2)[C@@H]1c1ccc(OC)c(COc2ccc(C)cc2)c1. The third kappa shape index (κ3) is 4.51. The number of ketones is 1. The van der Waals surface area contributed by atoms with Crippen LogP contribution < -0.4 is 14.8 Å². The molecule has 1 heterocycles. The van der Waals surface area contributed by atoms with Crippen LogP contribution in [0.4, 0.5) is 0 Å². The van der Waals surface area contributed by atoms with Crippen LogP contribution >= 0.6 is 0 Å². The molecule has 1 aliphatic carbocycles. The Morgan fingerprint density at radius 2 is 1.82 bits per heavy atom. The maximum atomic E-state index is 13.0. The van der Waals surface area contributed by atoms with Crippen LogP contribution in [0.25, 0.3) is 0 Å². The highest BCUT2D eigenvalue weighted by molar-refractivity contribution is 6.03. The summed E-state index contributed by atoms with van der Waals surface area (Å²) in [5.74, 6) is 0.572. The number of rotatable bonds is 6. The molecule has 172 valence electrons. The zero-order valence-electron chi connectivity index (χ0n) is 19.5. The Hall–Kier alpha value is -3.54. The predicted molar refractivity (Wildman–Crippen MR) is 125 cm³/mol. The van der Waals surface area contributed by atoms with Crippen molar-refractivity contribution in [3.63, 3.8) is 0 Å². The predicted octanol–water partition coefficient (Wildman–Crippen LogP) is 4.72. The average molecular weight is 448 g/mol.